The zero-order chi connectivity index (χ0) is 26.2. The molecule has 0 amide bonds. The first-order chi connectivity index (χ1) is 17.6. The number of nitrogens with zero attached hydrogens (tertiary/aromatic N) is 3. The summed E-state index contributed by atoms with van der Waals surface area (Å²) in [5, 5.41) is 3.97. The predicted molar refractivity (Wildman–Crippen MR) is 121 cm³/mol. The van der Waals surface area contributed by atoms with Crippen LogP contribution in [-0.2, 0) is 23.7 Å². The van der Waals surface area contributed by atoms with Crippen LogP contribution in [0.25, 0.3) is 11.1 Å². The largest absolute Gasteiger partial charge is 0.461 e. The van der Waals surface area contributed by atoms with Crippen LogP contribution in [0, 0.1) is 0 Å². The van der Waals surface area contributed by atoms with Gasteiger partial charge in [0.05, 0.1) is 17.4 Å². The highest BCUT2D eigenvalue weighted by Crippen LogP contribution is 2.41. The Bertz CT molecular complexity index is 1380. The molecule has 1 atom stereocenters. The first kappa shape index (κ1) is 24.4. The summed E-state index contributed by atoms with van der Waals surface area (Å²) in [6.07, 6.45) is -6.85. The Morgan fingerprint density at radius 3 is 2.16 bits per heavy atom. The summed E-state index contributed by atoms with van der Waals surface area (Å²) in [5.41, 5.74) is -0.992. The molecule has 0 spiro atoms. The summed E-state index contributed by atoms with van der Waals surface area (Å²) in [4.78, 5) is 11.1. The standard InChI is InChI=1S/C26H17F6N3O2/c27-25(28,29)19-11-18(12-20(13-19)26(30,31)32)24-35(23(34-37-24)22-7-4-10-36-22)15-17-8-9-33-14-21(17)16-5-2-1-3-6-16/h1-14,24H,15H2. The molecule has 2 aromatic heterocycles. The van der Waals surface area contributed by atoms with Crippen LogP contribution in [-0.4, -0.2) is 15.7 Å². The van der Waals surface area contributed by atoms with Crippen molar-refractivity contribution in [2.75, 3.05) is 0 Å². The van der Waals surface area contributed by atoms with Gasteiger partial charge in [-0.1, -0.05) is 35.5 Å². The zero-order valence-electron chi connectivity index (χ0n) is 18.8. The number of aromatic nitrogens is 1. The van der Waals surface area contributed by atoms with Gasteiger partial charge in [0.25, 0.3) is 0 Å². The van der Waals surface area contributed by atoms with E-state index >= 15 is 0 Å². The van der Waals surface area contributed by atoms with Gasteiger partial charge < -0.3 is 14.2 Å². The van der Waals surface area contributed by atoms with Gasteiger partial charge >= 0.3 is 12.4 Å². The van der Waals surface area contributed by atoms with E-state index in [1.54, 1.807) is 30.6 Å². The van der Waals surface area contributed by atoms with E-state index < -0.39 is 29.7 Å². The molecule has 0 saturated heterocycles. The van der Waals surface area contributed by atoms with Gasteiger partial charge in [-0.3, -0.25) is 4.98 Å². The smallest absolute Gasteiger partial charge is 0.416 e. The van der Waals surface area contributed by atoms with Crippen LogP contribution in [0.1, 0.15) is 34.2 Å². The lowest BCUT2D eigenvalue weighted by Crippen LogP contribution is -2.31. The van der Waals surface area contributed by atoms with Gasteiger partial charge in [-0.05, 0) is 47.5 Å². The summed E-state index contributed by atoms with van der Waals surface area (Å²) in [5.74, 6) is 0.359. The van der Waals surface area contributed by atoms with Crippen molar-refractivity contribution in [1.29, 1.82) is 0 Å². The fraction of sp³-hybridized carbons (Fsp3) is 0.154. The van der Waals surface area contributed by atoms with Crippen LogP contribution in [0.5, 0.6) is 0 Å². The molecular weight excluding hydrogens is 500 g/mol. The predicted octanol–water partition coefficient (Wildman–Crippen LogP) is 7.27. The Hall–Kier alpha value is -4.28. The van der Waals surface area contributed by atoms with Crippen molar-refractivity contribution in [2.24, 2.45) is 5.16 Å². The molecule has 2 aromatic carbocycles. The molecule has 0 fully saturated rings. The molecule has 0 saturated carbocycles. The van der Waals surface area contributed by atoms with Crippen molar-refractivity contribution in [3.63, 3.8) is 0 Å². The number of furan rings is 1. The second-order valence-corrected chi connectivity index (χ2v) is 8.22. The van der Waals surface area contributed by atoms with E-state index in [-0.39, 0.29) is 29.8 Å². The molecule has 4 aromatic rings. The third-order valence-electron chi connectivity index (χ3n) is 5.77. The molecule has 1 unspecified atom stereocenters. The first-order valence-corrected chi connectivity index (χ1v) is 10.9. The minimum Gasteiger partial charge on any atom is -0.461 e. The van der Waals surface area contributed by atoms with Gasteiger partial charge in [0.15, 0.2) is 5.76 Å². The minimum absolute atomic E-state index is 0.0224. The van der Waals surface area contributed by atoms with Crippen LogP contribution in [0.15, 0.2) is 95.0 Å². The molecule has 0 N–H and O–H groups in total. The van der Waals surface area contributed by atoms with Crippen molar-refractivity contribution in [2.45, 2.75) is 25.1 Å². The average molecular weight is 517 g/mol. The summed E-state index contributed by atoms with van der Waals surface area (Å²) >= 11 is 0. The summed E-state index contributed by atoms with van der Waals surface area (Å²) in [6, 6.07) is 15.5. The second kappa shape index (κ2) is 9.30. The Balaban J connectivity index is 1.60. The highest BCUT2D eigenvalue weighted by Gasteiger charge is 2.41. The number of rotatable bonds is 5. The van der Waals surface area contributed by atoms with Crippen molar-refractivity contribution in [3.8, 4) is 11.1 Å². The third kappa shape index (κ3) is 5.02. The maximum Gasteiger partial charge on any atom is 0.416 e. The van der Waals surface area contributed by atoms with E-state index in [0.29, 0.717) is 17.7 Å². The molecule has 37 heavy (non-hydrogen) atoms. The fourth-order valence-corrected chi connectivity index (χ4v) is 4.06. The Labute approximate surface area is 206 Å². The van der Waals surface area contributed by atoms with E-state index in [1.165, 1.54) is 11.2 Å². The van der Waals surface area contributed by atoms with Crippen LogP contribution >= 0.6 is 0 Å². The Morgan fingerprint density at radius 2 is 1.54 bits per heavy atom. The normalized spacial score (nSPS) is 16.0. The summed E-state index contributed by atoms with van der Waals surface area (Å²) in [6.45, 7) is 0.0224. The third-order valence-corrected chi connectivity index (χ3v) is 5.77. The number of alkyl halides is 6. The quantitative estimate of drug-likeness (QED) is 0.261. The minimum atomic E-state index is -5.00. The maximum atomic E-state index is 13.5. The van der Waals surface area contributed by atoms with E-state index in [2.05, 4.69) is 10.1 Å². The van der Waals surface area contributed by atoms with Gasteiger partial charge in [0.2, 0.25) is 12.1 Å². The highest BCUT2D eigenvalue weighted by molar-refractivity contribution is 5.97. The monoisotopic (exact) mass is 517 g/mol. The summed E-state index contributed by atoms with van der Waals surface area (Å²) in [7, 11) is 0. The van der Waals surface area contributed by atoms with Gasteiger partial charge in [-0.2, -0.15) is 26.3 Å². The van der Waals surface area contributed by atoms with Gasteiger partial charge in [0, 0.05) is 30.1 Å². The summed E-state index contributed by atoms with van der Waals surface area (Å²) < 4.78 is 86.6. The highest BCUT2D eigenvalue weighted by atomic mass is 19.4. The van der Waals surface area contributed by atoms with Gasteiger partial charge in [0.1, 0.15) is 0 Å². The molecular formula is C26H17F6N3O2. The molecule has 5 rings (SSSR count). The Morgan fingerprint density at radius 1 is 0.838 bits per heavy atom. The lowest BCUT2D eigenvalue weighted by atomic mass is 10.00. The molecule has 0 bridgehead atoms. The van der Waals surface area contributed by atoms with Gasteiger partial charge in [-0.25, -0.2) is 0 Å². The van der Waals surface area contributed by atoms with Crippen molar-refractivity contribution < 1.29 is 35.6 Å². The number of hydrogen-bond donors (Lipinski definition) is 0. The van der Waals surface area contributed by atoms with Crippen molar-refractivity contribution in [3.05, 3.63) is 113 Å². The molecule has 190 valence electrons. The lowest BCUT2D eigenvalue weighted by molar-refractivity contribution is -0.143. The lowest BCUT2D eigenvalue weighted by Gasteiger charge is -2.27. The topological polar surface area (TPSA) is 50.9 Å². The van der Waals surface area contributed by atoms with E-state index in [1.807, 2.05) is 30.3 Å². The number of halogens is 6. The average Bonchev–Trinajstić information content (AvgIpc) is 3.54. The maximum absolute atomic E-state index is 13.5. The second-order valence-electron chi connectivity index (χ2n) is 8.22. The number of pyridine rings is 1. The first-order valence-electron chi connectivity index (χ1n) is 10.9. The zero-order valence-corrected chi connectivity index (χ0v) is 18.8. The molecule has 11 heteroatoms. The van der Waals surface area contributed by atoms with Crippen LogP contribution in [0.2, 0.25) is 0 Å². The fourth-order valence-electron chi connectivity index (χ4n) is 4.06. The number of hydrogen-bond acceptors (Lipinski definition) is 5. The number of oxime groups is 1. The molecule has 0 aliphatic carbocycles. The van der Waals surface area contributed by atoms with E-state index in [9.17, 15) is 26.3 Å². The van der Waals surface area contributed by atoms with Crippen LogP contribution in [0.3, 0.4) is 0 Å². The molecule has 5 nitrogen and oxygen atoms in total. The molecule has 0 radical (unpaired) electrons. The van der Waals surface area contributed by atoms with Crippen LogP contribution in [0.4, 0.5) is 26.3 Å². The number of benzene rings is 2. The number of amidine groups is 1. The van der Waals surface area contributed by atoms with Crippen molar-refractivity contribution in [1.82, 2.24) is 9.88 Å². The molecule has 1 aliphatic rings. The van der Waals surface area contributed by atoms with E-state index in [0.717, 1.165) is 11.1 Å². The van der Waals surface area contributed by atoms with Gasteiger partial charge in [-0.15, -0.1) is 0 Å². The van der Waals surface area contributed by atoms with E-state index in [4.69, 9.17) is 9.25 Å². The van der Waals surface area contributed by atoms with Crippen molar-refractivity contribution >= 4 is 5.84 Å². The van der Waals surface area contributed by atoms with Crippen LogP contribution < -0.4 is 0 Å². The Kier molecular flexibility index (Phi) is 6.14. The molecule has 3 heterocycles. The SMILES string of the molecule is FC(F)(F)c1cc(C2ON=C(c3ccco3)N2Cc2ccncc2-c2ccccc2)cc(C(F)(F)F)c1. The molecule has 1 aliphatic heterocycles.